The summed E-state index contributed by atoms with van der Waals surface area (Å²) >= 11 is 0. The summed E-state index contributed by atoms with van der Waals surface area (Å²) in [6.45, 7) is 5.73. The van der Waals surface area contributed by atoms with Crippen molar-refractivity contribution in [3.63, 3.8) is 0 Å². The van der Waals surface area contributed by atoms with Gasteiger partial charge in [0, 0.05) is 0 Å². The smallest absolute Gasteiger partial charge is 0.145 e. The Morgan fingerprint density at radius 1 is 1.70 bits per heavy atom. The number of aldehydes is 1. The minimum atomic E-state index is 0.459. The van der Waals surface area contributed by atoms with E-state index in [1.54, 1.807) is 0 Å². The fourth-order valence-corrected chi connectivity index (χ4v) is 1.41. The third kappa shape index (κ3) is 1.04. The molecule has 1 atom stereocenters. The summed E-state index contributed by atoms with van der Waals surface area (Å²) in [6.07, 6.45) is 4.90. The van der Waals surface area contributed by atoms with E-state index >= 15 is 0 Å². The molecule has 1 rings (SSSR count). The van der Waals surface area contributed by atoms with E-state index in [0.717, 1.165) is 24.7 Å². The first kappa shape index (κ1) is 7.26. The highest BCUT2D eigenvalue weighted by molar-refractivity contribution is 5.75. The first-order chi connectivity index (χ1) is 4.79. The van der Waals surface area contributed by atoms with Gasteiger partial charge in [0.1, 0.15) is 6.29 Å². The Labute approximate surface area is 61.4 Å². The van der Waals surface area contributed by atoms with Gasteiger partial charge >= 0.3 is 0 Å². The zero-order valence-electron chi connectivity index (χ0n) is 6.26. The van der Waals surface area contributed by atoms with Crippen LogP contribution in [-0.4, -0.2) is 6.29 Å². The summed E-state index contributed by atoms with van der Waals surface area (Å²) in [5, 5.41) is 0. The SMILES string of the molecule is C=CC1CCC(C=O)=C1C. The quantitative estimate of drug-likeness (QED) is 0.419. The number of carbonyl (C=O) groups is 1. The summed E-state index contributed by atoms with van der Waals surface area (Å²) < 4.78 is 0. The molecule has 54 valence electrons. The van der Waals surface area contributed by atoms with Crippen molar-refractivity contribution < 1.29 is 4.79 Å². The van der Waals surface area contributed by atoms with E-state index in [2.05, 4.69) is 6.58 Å². The van der Waals surface area contributed by atoms with E-state index in [9.17, 15) is 4.79 Å². The lowest BCUT2D eigenvalue weighted by Crippen LogP contribution is -1.89. The van der Waals surface area contributed by atoms with E-state index in [1.807, 2.05) is 13.0 Å². The lowest BCUT2D eigenvalue weighted by Gasteiger charge is -2.02. The second-order valence-electron chi connectivity index (χ2n) is 2.71. The number of carbonyl (C=O) groups excluding carboxylic acids is 1. The largest absolute Gasteiger partial charge is 0.298 e. The fraction of sp³-hybridized carbons (Fsp3) is 0.444. The highest BCUT2D eigenvalue weighted by Crippen LogP contribution is 2.30. The van der Waals surface area contributed by atoms with Crippen LogP contribution in [0.1, 0.15) is 19.8 Å². The van der Waals surface area contributed by atoms with E-state index < -0.39 is 0 Å². The van der Waals surface area contributed by atoms with Crippen LogP contribution in [-0.2, 0) is 4.79 Å². The van der Waals surface area contributed by atoms with Gasteiger partial charge in [0.05, 0.1) is 0 Å². The van der Waals surface area contributed by atoms with Crippen LogP contribution in [0.25, 0.3) is 0 Å². The summed E-state index contributed by atoms with van der Waals surface area (Å²) in [7, 11) is 0. The first-order valence-electron chi connectivity index (χ1n) is 3.57. The number of hydrogen-bond donors (Lipinski definition) is 0. The maximum Gasteiger partial charge on any atom is 0.145 e. The van der Waals surface area contributed by atoms with Crippen molar-refractivity contribution >= 4 is 6.29 Å². The van der Waals surface area contributed by atoms with Crippen molar-refractivity contribution in [2.24, 2.45) is 5.92 Å². The summed E-state index contributed by atoms with van der Waals surface area (Å²) in [4.78, 5) is 10.4. The number of allylic oxidation sites excluding steroid dienone is 3. The highest BCUT2D eigenvalue weighted by Gasteiger charge is 2.18. The van der Waals surface area contributed by atoms with Gasteiger partial charge < -0.3 is 0 Å². The molecule has 0 saturated heterocycles. The molecule has 1 unspecified atom stereocenters. The molecule has 1 aliphatic carbocycles. The molecule has 1 aliphatic rings. The molecule has 0 bridgehead atoms. The molecule has 1 heteroatoms. The molecule has 0 N–H and O–H groups in total. The van der Waals surface area contributed by atoms with Crippen LogP contribution in [0.4, 0.5) is 0 Å². The van der Waals surface area contributed by atoms with Crippen LogP contribution in [0.15, 0.2) is 23.8 Å². The Morgan fingerprint density at radius 3 is 2.70 bits per heavy atom. The van der Waals surface area contributed by atoms with Crippen LogP contribution in [0, 0.1) is 5.92 Å². The maximum atomic E-state index is 10.4. The zero-order chi connectivity index (χ0) is 7.56. The zero-order valence-corrected chi connectivity index (χ0v) is 6.26. The molecule has 0 aromatic heterocycles. The molecule has 0 aliphatic heterocycles. The Kier molecular flexibility index (Phi) is 2.05. The molecule has 10 heavy (non-hydrogen) atoms. The molecular weight excluding hydrogens is 124 g/mol. The van der Waals surface area contributed by atoms with Crippen LogP contribution < -0.4 is 0 Å². The van der Waals surface area contributed by atoms with Gasteiger partial charge in [-0.05, 0) is 31.3 Å². The van der Waals surface area contributed by atoms with Crippen LogP contribution in [0.5, 0.6) is 0 Å². The molecule has 0 radical (unpaired) electrons. The molecule has 0 fully saturated rings. The van der Waals surface area contributed by atoms with Crippen molar-refractivity contribution in [2.75, 3.05) is 0 Å². The van der Waals surface area contributed by atoms with Crippen LogP contribution in [0.2, 0.25) is 0 Å². The second kappa shape index (κ2) is 2.82. The average molecular weight is 136 g/mol. The van der Waals surface area contributed by atoms with E-state index in [-0.39, 0.29) is 0 Å². The molecule has 0 amide bonds. The van der Waals surface area contributed by atoms with Gasteiger partial charge in [-0.25, -0.2) is 0 Å². The Bertz CT molecular complexity index is 189. The standard InChI is InChI=1S/C9H12O/c1-3-8-4-5-9(6-10)7(8)2/h3,6,8H,1,4-5H2,2H3. The minimum absolute atomic E-state index is 0.459. The summed E-state index contributed by atoms with van der Waals surface area (Å²) in [5.74, 6) is 0.459. The molecule has 1 nitrogen and oxygen atoms in total. The van der Waals surface area contributed by atoms with Gasteiger partial charge in [-0.3, -0.25) is 4.79 Å². The topological polar surface area (TPSA) is 17.1 Å². The van der Waals surface area contributed by atoms with Crippen molar-refractivity contribution in [1.82, 2.24) is 0 Å². The second-order valence-corrected chi connectivity index (χ2v) is 2.71. The van der Waals surface area contributed by atoms with Gasteiger partial charge in [-0.1, -0.05) is 11.6 Å². The predicted molar refractivity (Wildman–Crippen MR) is 41.7 cm³/mol. The molecule has 0 aromatic rings. The molecular formula is C9H12O. The van der Waals surface area contributed by atoms with Crippen molar-refractivity contribution in [2.45, 2.75) is 19.8 Å². The first-order valence-corrected chi connectivity index (χ1v) is 3.57. The Hall–Kier alpha value is -0.850. The Balaban J connectivity index is 2.82. The maximum absolute atomic E-state index is 10.4. The number of hydrogen-bond acceptors (Lipinski definition) is 1. The van der Waals surface area contributed by atoms with Gasteiger partial charge in [0.2, 0.25) is 0 Å². The minimum Gasteiger partial charge on any atom is -0.298 e. The lowest BCUT2D eigenvalue weighted by molar-refractivity contribution is -0.105. The fourth-order valence-electron chi connectivity index (χ4n) is 1.41. The van der Waals surface area contributed by atoms with Gasteiger partial charge in [0.25, 0.3) is 0 Å². The average Bonchev–Trinajstić information content (AvgIpc) is 2.30. The monoisotopic (exact) mass is 136 g/mol. The highest BCUT2D eigenvalue weighted by atomic mass is 16.1. The molecule has 0 saturated carbocycles. The summed E-state index contributed by atoms with van der Waals surface area (Å²) in [6, 6.07) is 0. The van der Waals surface area contributed by atoms with E-state index in [4.69, 9.17) is 0 Å². The molecule has 0 heterocycles. The Morgan fingerprint density at radius 2 is 2.40 bits per heavy atom. The predicted octanol–water partition coefficient (Wildman–Crippen LogP) is 2.10. The normalized spacial score (nSPS) is 25.1. The van der Waals surface area contributed by atoms with Crippen molar-refractivity contribution in [3.8, 4) is 0 Å². The third-order valence-corrected chi connectivity index (χ3v) is 2.21. The van der Waals surface area contributed by atoms with Crippen LogP contribution in [0.3, 0.4) is 0 Å². The van der Waals surface area contributed by atoms with Crippen LogP contribution >= 0.6 is 0 Å². The van der Waals surface area contributed by atoms with E-state index in [1.165, 1.54) is 5.57 Å². The lowest BCUT2D eigenvalue weighted by atomic mass is 10.0. The van der Waals surface area contributed by atoms with Gasteiger partial charge in [-0.15, -0.1) is 6.58 Å². The molecule has 0 spiro atoms. The molecule has 0 aromatic carbocycles. The van der Waals surface area contributed by atoms with Gasteiger partial charge in [-0.2, -0.15) is 0 Å². The number of rotatable bonds is 2. The summed E-state index contributed by atoms with van der Waals surface area (Å²) in [5.41, 5.74) is 2.19. The van der Waals surface area contributed by atoms with Crippen molar-refractivity contribution in [3.05, 3.63) is 23.8 Å². The van der Waals surface area contributed by atoms with E-state index in [0.29, 0.717) is 5.92 Å². The van der Waals surface area contributed by atoms with Crippen molar-refractivity contribution in [1.29, 1.82) is 0 Å². The third-order valence-electron chi connectivity index (χ3n) is 2.21. The van der Waals surface area contributed by atoms with Gasteiger partial charge in [0.15, 0.2) is 0 Å².